The molecule has 1 fully saturated rings. The van der Waals surface area contributed by atoms with Gasteiger partial charge in [0, 0.05) is 23.1 Å². The third-order valence-electron chi connectivity index (χ3n) is 5.73. The molecule has 0 spiro atoms. The number of halogens is 3. The van der Waals surface area contributed by atoms with Crippen LogP contribution in [0.15, 0.2) is 30.3 Å². The second-order valence-electron chi connectivity index (χ2n) is 9.55. The lowest BCUT2D eigenvalue weighted by atomic mass is 9.99. The summed E-state index contributed by atoms with van der Waals surface area (Å²) in [6.45, 7) is 4.29. The Balaban J connectivity index is 1.50. The fourth-order valence-corrected chi connectivity index (χ4v) is 4.47. The number of nitrogens with zero attached hydrogens (tertiary/aromatic N) is 1. The number of hydrogen-bond acceptors (Lipinski definition) is 5. The summed E-state index contributed by atoms with van der Waals surface area (Å²) in [5, 5.41) is 2.89. The molecule has 35 heavy (non-hydrogen) atoms. The highest BCUT2D eigenvalue weighted by atomic mass is 35.5. The summed E-state index contributed by atoms with van der Waals surface area (Å²) < 4.78 is 39.9. The molecule has 0 aliphatic carbocycles. The van der Waals surface area contributed by atoms with Gasteiger partial charge in [-0.1, -0.05) is 41.9 Å². The number of anilines is 1. The van der Waals surface area contributed by atoms with E-state index in [1.165, 1.54) is 12.1 Å². The zero-order valence-corrected chi connectivity index (χ0v) is 20.2. The van der Waals surface area contributed by atoms with Crippen LogP contribution in [-0.4, -0.2) is 47.2 Å². The number of likely N-dealkylation sites (tertiary alicyclic amines) is 1. The van der Waals surface area contributed by atoms with Crippen LogP contribution in [0.3, 0.4) is 0 Å². The Hall–Kier alpha value is -3.20. The van der Waals surface area contributed by atoms with Crippen LogP contribution < -0.4 is 5.32 Å². The van der Waals surface area contributed by atoms with Crippen LogP contribution in [0.4, 0.5) is 19.3 Å². The average Bonchev–Trinajstić information content (AvgIpc) is 3.35. The minimum absolute atomic E-state index is 0.0788. The molecule has 10 heteroatoms. The minimum atomic E-state index is -1.40. The highest BCUT2D eigenvalue weighted by Crippen LogP contribution is 2.40. The molecule has 186 valence electrons. The van der Waals surface area contributed by atoms with Gasteiger partial charge in [-0.2, -0.15) is 0 Å². The Labute approximate surface area is 206 Å². The first kappa shape index (κ1) is 24.9. The van der Waals surface area contributed by atoms with Crippen LogP contribution in [-0.2, 0) is 32.1 Å². The smallest absolute Gasteiger partial charge is 0.411 e. The minimum Gasteiger partial charge on any atom is -0.459 e. The van der Waals surface area contributed by atoms with Gasteiger partial charge in [-0.05, 0) is 26.3 Å². The molecule has 0 saturated carbocycles. The van der Waals surface area contributed by atoms with Gasteiger partial charge in [0.05, 0.1) is 23.7 Å². The van der Waals surface area contributed by atoms with Crippen molar-refractivity contribution in [3.63, 3.8) is 0 Å². The summed E-state index contributed by atoms with van der Waals surface area (Å²) in [4.78, 5) is 37.8. The molecule has 2 heterocycles. The summed E-state index contributed by atoms with van der Waals surface area (Å²) in [5.41, 5.74) is 1.000. The molecule has 2 aliphatic rings. The molecule has 0 bridgehead atoms. The van der Waals surface area contributed by atoms with E-state index in [1.807, 2.05) is 0 Å². The molecule has 0 aromatic heterocycles. The molecular formula is C25H25ClF2N2O5. The molecule has 2 aromatic rings. The summed E-state index contributed by atoms with van der Waals surface area (Å²) in [6, 6.07) is 6.74. The Kier molecular flexibility index (Phi) is 6.73. The van der Waals surface area contributed by atoms with E-state index < -0.39 is 42.3 Å². The van der Waals surface area contributed by atoms with Gasteiger partial charge in [0.15, 0.2) is 0 Å². The van der Waals surface area contributed by atoms with E-state index in [-0.39, 0.29) is 41.4 Å². The van der Waals surface area contributed by atoms with Crippen molar-refractivity contribution in [1.29, 1.82) is 0 Å². The summed E-state index contributed by atoms with van der Waals surface area (Å²) in [5.74, 6) is -1.69. The van der Waals surface area contributed by atoms with Crippen LogP contribution in [0.2, 0.25) is 5.02 Å². The van der Waals surface area contributed by atoms with Gasteiger partial charge >= 0.3 is 12.1 Å². The predicted molar refractivity (Wildman–Crippen MR) is 125 cm³/mol. The van der Waals surface area contributed by atoms with Crippen molar-refractivity contribution in [2.45, 2.75) is 58.0 Å². The highest BCUT2D eigenvalue weighted by Gasteiger charge is 2.42. The molecule has 2 atom stereocenters. The van der Waals surface area contributed by atoms with E-state index in [2.05, 4.69) is 5.32 Å². The van der Waals surface area contributed by atoms with Gasteiger partial charge in [0.1, 0.15) is 30.2 Å². The first-order valence-corrected chi connectivity index (χ1v) is 11.5. The number of amides is 2. The number of nitrogens with one attached hydrogen (secondary N) is 1. The lowest BCUT2D eigenvalue weighted by Gasteiger charge is -2.27. The molecule has 2 aromatic carbocycles. The van der Waals surface area contributed by atoms with E-state index in [9.17, 15) is 18.8 Å². The van der Waals surface area contributed by atoms with Gasteiger partial charge in [0.2, 0.25) is 5.91 Å². The maximum atomic E-state index is 15.4. The molecule has 2 aliphatic heterocycles. The zero-order chi connectivity index (χ0) is 25.5. The van der Waals surface area contributed by atoms with E-state index in [0.717, 1.165) is 10.5 Å². The van der Waals surface area contributed by atoms with Crippen LogP contribution in [0.1, 0.15) is 38.3 Å². The van der Waals surface area contributed by atoms with Gasteiger partial charge in [-0.15, -0.1) is 0 Å². The number of ether oxygens (including phenoxy) is 2. The van der Waals surface area contributed by atoms with Crippen molar-refractivity contribution in [1.82, 2.24) is 4.90 Å². The van der Waals surface area contributed by atoms with Crippen LogP contribution in [0.25, 0.3) is 11.1 Å². The summed E-state index contributed by atoms with van der Waals surface area (Å²) >= 11 is 6.45. The predicted octanol–water partition coefficient (Wildman–Crippen LogP) is 5.03. The molecule has 4 rings (SSSR count). The SMILES string of the molecule is CC(C)(C)OC(=O)N1C[C@H](F)C[C@H]1C(=O)OCc1cccc(-c2ccc3c(c2Cl)NC(=O)C3)c1F. The lowest BCUT2D eigenvalue weighted by molar-refractivity contribution is -0.150. The maximum Gasteiger partial charge on any atom is 0.411 e. The van der Waals surface area contributed by atoms with Crippen molar-refractivity contribution in [3.05, 3.63) is 52.3 Å². The van der Waals surface area contributed by atoms with E-state index >= 15 is 4.39 Å². The fraction of sp³-hybridized carbons (Fsp3) is 0.400. The van der Waals surface area contributed by atoms with Crippen LogP contribution in [0, 0.1) is 5.82 Å². The number of fused-ring (bicyclic) bond motifs is 1. The second-order valence-corrected chi connectivity index (χ2v) is 9.93. The molecule has 0 unspecified atom stereocenters. The van der Waals surface area contributed by atoms with Gasteiger partial charge in [-0.3, -0.25) is 9.69 Å². The number of benzene rings is 2. The fourth-order valence-electron chi connectivity index (χ4n) is 4.14. The Morgan fingerprint density at radius 1 is 1.20 bits per heavy atom. The monoisotopic (exact) mass is 506 g/mol. The molecule has 2 amide bonds. The third kappa shape index (κ3) is 5.24. The normalized spacial score (nSPS) is 19.4. The number of rotatable bonds is 4. The number of carbonyl (C=O) groups excluding carboxylic acids is 3. The first-order valence-electron chi connectivity index (χ1n) is 11.1. The Bertz CT molecular complexity index is 1200. The van der Waals surface area contributed by atoms with Crippen LogP contribution >= 0.6 is 11.6 Å². The topological polar surface area (TPSA) is 84.9 Å². The zero-order valence-electron chi connectivity index (χ0n) is 19.5. The largest absolute Gasteiger partial charge is 0.459 e. The van der Waals surface area contributed by atoms with Crippen molar-refractivity contribution < 1.29 is 32.6 Å². The maximum absolute atomic E-state index is 15.4. The highest BCUT2D eigenvalue weighted by molar-refractivity contribution is 6.37. The molecule has 1 saturated heterocycles. The van der Waals surface area contributed by atoms with Crippen molar-refractivity contribution in [3.8, 4) is 11.1 Å². The van der Waals surface area contributed by atoms with Crippen molar-refractivity contribution in [2.24, 2.45) is 0 Å². The van der Waals surface area contributed by atoms with Gasteiger partial charge in [-0.25, -0.2) is 18.4 Å². The lowest BCUT2D eigenvalue weighted by Crippen LogP contribution is -2.44. The van der Waals surface area contributed by atoms with E-state index in [1.54, 1.807) is 39.0 Å². The summed E-state index contributed by atoms with van der Waals surface area (Å²) in [7, 11) is 0. The Morgan fingerprint density at radius 2 is 1.94 bits per heavy atom. The van der Waals surface area contributed by atoms with E-state index in [0.29, 0.717) is 11.3 Å². The summed E-state index contributed by atoms with van der Waals surface area (Å²) in [6.07, 6.45) is -2.24. The quantitative estimate of drug-likeness (QED) is 0.588. The molecule has 7 nitrogen and oxygen atoms in total. The van der Waals surface area contributed by atoms with Gasteiger partial charge < -0.3 is 14.8 Å². The average molecular weight is 507 g/mol. The molecule has 1 N–H and O–H groups in total. The van der Waals surface area contributed by atoms with Crippen molar-refractivity contribution in [2.75, 3.05) is 11.9 Å². The van der Waals surface area contributed by atoms with Crippen LogP contribution in [0.5, 0.6) is 0 Å². The molecular weight excluding hydrogens is 482 g/mol. The van der Waals surface area contributed by atoms with E-state index in [4.69, 9.17) is 21.1 Å². The number of carbonyl (C=O) groups is 3. The van der Waals surface area contributed by atoms with Gasteiger partial charge in [0.25, 0.3) is 0 Å². The molecule has 0 radical (unpaired) electrons. The number of esters is 1. The second kappa shape index (κ2) is 9.45. The number of alkyl halides is 1. The van der Waals surface area contributed by atoms with Crippen molar-refractivity contribution >= 4 is 35.3 Å². The first-order chi connectivity index (χ1) is 16.4. The third-order valence-corrected chi connectivity index (χ3v) is 6.13. The standard InChI is InChI=1S/C25H25ClF2N2O5/c1-25(2,3)35-24(33)30-11-15(27)10-18(30)23(32)34-12-14-5-4-6-17(21(14)28)16-8-7-13-9-19(31)29-22(13)20(16)26/h4-8,15,18H,9-12H2,1-3H3,(H,29,31)/t15-,18+/m1/s1. The Morgan fingerprint density at radius 3 is 2.66 bits per heavy atom. The number of hydrogen-bond donors (Lipinski definition) is 1.